The van der Waals surface area contributed by atoms with E-state index in [9.17, 15) is 4.79 Å². The first kappa shape index (κ1) is 11.0. The van der Waals surface area contributed by atoms with Gasteiger partial charge in [-0.25, -0.2) is 0 Å². The molecule has 0 aliphatic carbocycles. The number of rotatable bonds is 2. The Labute approximate surface area is 98.4 Å². The van der Waals surface area contributed by atoms with Crippen LogP contribution in [0.15, 0.2) is 29.8 Å². The highest BCUT2D eigenvalue weighted by Crippen LogP contribution is 2.23. The van der Waals surface area contributed by atoms with Gasteiger partial charge in [-0.3, -0.25) is 4.79 Å². The summed E-state index contributed by atoms with van der Waals surface area (Å²) in [6, 6.07) is 9.50. The van der Waals surface area contributed by atoms with Crippen molar-refractivity contribution < 1.29 is 4.79 Å². The topological polar surface area (TPSA) is 82.7 Å². The summed E-state index contributed by atoms with van der Waals surface area (Å²) in [6.45, 7) is 1.89. The molecule has 2 rings (SSSR count). The number of hydrogen-bond donors (Lipinski definition) is 2. The van der Waals surface area contributed by atoms with Crippen LogP contribution in [0.3, 0.4) is 0 Å². The lowest BCUT2D eigenvalue weighted by atomic mass is 10.1. The summed E-state index contributed by atoms with van der Waals surface area (Å²) < 4.78 is 0. The molecule has 0 saturated carbocycles. The molecule has 3 N–H and O–H groups in total. The maximum absolute atomic E-state index is 11.0. The van der Waals surface area contributed by atoms with Gasteiger partial charge in [0.15, 0.2) is 0 Å². The Morgan fingerprint density at radius 3 is 2.82 bits per heavy atom. The third-order valence-electron chi connectivity index (χ3n) is 2.62. The van der Waals surface area contributed by atoms with E-state index in [4.69, 9.17) is 11.0 Å². The van der Waals surface area contributed by atoms with Gasteiger partial charge in [0.2, 0.25) is 0 Å². The molecule has 2 aromatic rings. The molecule has 0 saturated heterocycles. The van der Waals surface area contributed by atoms with E-state index >= 15 is 0 Å². The number of amides is 1. The maximum Gasteiger partial charge on any atom is 0.259 e. The molecule has 0 radical (unpaired) electrons. The number of fused-ring (bicyclic) bond motifs is 1. The van der Waals surface area contributed by atoms with Crippen molar-refractivity contribution in [1.82, 2.24) is 4.98 Å². The summed E-state index contributed by atoms with van der Waals surface area (Å²) in [5, 5.41) is 9.80. The molecule has 0 spiro atoms. The average molecular weight is 225 g/mol. The first-order valence-corrected chi connectivity index (χ1v) is 5.12. The van der Waals surface area contributed by atoms with Gasteiger partial charge in [0, 0.05) is 22.2 Å². The fourth-order valence-corrected chi connectivity index (χ4v) is 1.79. The molecule has 4 nitrogen and oxygen atoms in total. The van der Waals surface area contributed by atoms with Crippen LogP contribution in [0.5, 0.6) is 0 Å². The van der Waals surface area contributed by atoms with E-state index in [0.29, 0.717) is 0 Å². The molecule has 0 aliphatic rings. The molecule has 1 aromatic heterocycles. The van der Waals surface area contributed by atoms with Crippen LogP contribution in [0.1, 0.15) is 11.3 Å². The fourth-order valence-electron chi connectivity index (χ4n) is 1.79. The number of H-pyrrole nitrogens is 1. The lowest BCUT2D eigenvalue weighted by Gasteiger charge is -1.95. The van der Waals surface area contributed by atoms with Crippen molar-refractivity contribution in [2.24, 2.45) is 5.73 Å². The molecule has 1 heterocycles. The second-order valence-corrected chi connectivity index (χ2v) is 3.74. The predicted molar refractivity (Wildman–Crippen MR) is 65.8 cm³/mol. The van der Waals surface area contributed by atoms with Gasteiger partial charge in [0.05, 0.1) is 0 Å². The average Bonchev–Trinajstić information content (AvgIpc) is 2.61. The van der Waals surface area contributed by atoms with Gasteiger partial charge in [-0.05, 0) is 19.1 Å². The Hall–Kier alpha value is -2.54. The number of carbonyl (C=O) groups is 1. The summed E-state index contributed by atoms with van der Waals surface area (Å²) in [7, 11) is 0. The molecule has 84 valence electrons. The summed E-state index contributed by atoms with van der Waals surface area (Å²) in [4.78, 5) is 14.2. The van der Waals surface area contributed by atoms with Gasteiger partial charge >= 0.3 is 0 Å². The highest BCUT2D eigenvalue weighted by atomic mass is 16.1. The molecule has 0 aliphatic heterocycles. The van der Waals surface area contributed by atoms with Crippen molar-refractivity contribution in [1.29, 1.82) is 5.26 Å². The van der Waals surface area contributed by atoms with Crippen LogP contribution in [0, 0.1) is 18.3 Å². The monoisotopic (exact) mass is 225 g/mol. The molecular formula is C13H11N3O. The van der Waals surface area contributed by atoms with Gasteiger partial charge in [0.1, 0.15) is 11.6 Å². The van der Waals surface area contributed by atoms with E-state index < -0.39 is 5.91 Å². The standard InChI is InChI=1S/C13H11N3O/c1-8-11(6-9(7-14)13(15)17)10-4-2-3-5-12(10)16-8/h2-6,16H,1H3,(H2,15,17). The van der Waals surface area contributed by atoms with Crippen LogP contribution in [0.2, 0.25) is 0 Å². The smallest absolute Gasteiger partial charge is 0.259 e. The number of primary amides is 1. The van der Waals surface area contributed by atoms with Gasteiger partial charge in [0.25, 0.3) is 5.91 Å². The largest absolute Gasteiger partial charge is 0.365 e. The zero-order valence-corrected chi connectivity index (χ0v) is 9.32. The minimum absolute atomic E-state index is 0.0437. The summed E-state index contributed by atoms with van der Waals surface area (Å²) in [6.07, 6.45) is 1.52. The molecule has 1 aromatic carbocycles. The maximum atomic E-state index is 11.0. The second kappa shape index (κ2) is 4.14. The minimum Gasteiger partial charge on any atom is -0.365 e. The number of nitrogens with zero attached hydrogens (tertiary/aromatic N) is 1. The Balaban J connectivity index is 2.68. The SMILES string of the molecule is Cc1[nH]c2ccccc2c1C=C(C#N)C(N)=O. The van der Waals surface area contributed by atoms with Crippen molar-refractivity contribution >= 4 is 22.9 Å². The number of hydrogen-bond acceptors (Lipinski definition) is 2. The van der Waals surface area contributed by atoms with Crippen molar-refractivity contribution in [3.8, 4) is 6.07 Å². The van der Waals surface area contributed by atoms with E-state index in [0.717, 1.165) is 22.2 Å². The number of carbonyl (C=O) groups excluding carboxylic acids is 1. The van der Waals surface area contributed by atoms with Crippen LogP contribution >= 0.6 is 0 Å². The number of nitriles is 1. The fraction of sp³-hybridized carbons (Fsp3) is 0.0769. The number of aryl methyl sites for hydroxylation is 1. The second-order valence-electron chi connectivity index (χ2n) is 3.74. The lowest BCUT2D eigenvalue weighted by molar-refractivity contribution is -0.114. The van der Waals surface area contributed by atoms with E-state index in [2.05, 4.69) is 4.98 Å². The normalized spacial score (nSPS) is 11.4. The minimum atomic E-state index is -0.711. The van der Waals surface area contributed by atoms with Crippen LogP contribution in [-0.2, 0) is 4.79 Å². The number of nitrogens with two attached hydrogens (primary N) is 1. The van der Waals surface area contributed by atoms with Crippen molar-refractivity contribution in [2.75, 3.05) is 0 Å². The molecule has 17 heavy (non-hydrogen) atoms. The van der Waals surface area contributed by atoms with Gasteiger partial charge < -0.3 is 10.7 Å². The first-order chi connectivity index (χ1) is 8.13. The third-order valence-corrected chi connectivity index (χ3v) is 2.62. The number of para-hydroxylation sites is 1. The summed E-state index contributed by atoms with van der Waals surface area (Å²) in [5.74, 6) is -0.711. The van der Waals surface area contributed by atoms with E-state index in [1.807, 2.05) is 31.2 Å². The van der Waals surface area contributed by atoms with E-state index in [1.165, 1.54) is 6.08 Å². The quantitative estimate of drug-likeness (QED) is 0.604. The van der Waals surface area contributed by atoms with Crippen LogP contribution < -0.4 is 5.73 Å². The summed E-state index contributed by atoms with van der Waals surface area (Å²) in [5.41, 5.74) is 7.78. The van der Waals surface area contributed by atoms with E-state index in [-0.39, 0.29) is 5.57 Å². The third kappa shape index (κ3) is 1.91. The number of benzene rings is 1. The van der Waals surface area contributed by atoms with Crippen molar-refractivity contribution in [3.63, 3.8) is 0 Å². The van der Waals surface area contributed by atoms with Crippen LogP contribution in [-0.4, -0.2) is 10.9 Å². The molecule has 0 atom stereocenters. The molecule has 0 bridgehead atoms. The van der Waals surface area contributed by atoms with Gasteiger partial charge in [-0.15, -0.1) is 0 Å². The number of aromatic nitrogens is 1. The molecule has 1 amide bonds. The van der Waals surface area contributed by atoms with Gasteiger partial charge in [-0.2, -0.15) is 5.26 Å². The highest BCUT2D eigenvalue weighted by Gasteiger charge is 2.09. The molecule has 0 fully saturated rings. The highest BCUT2D eigenvalue weighted by molar-refractivity contribution is 6.03. The Kier molecular flexibility index (Phi) is 2.67. The first-order valence-electron chi connectivity index (χ1n) is 5.12. The van der Waals surface area contributed by atoms with Crippen molar-refractivity contribution in [3.05, 3.63) is 41.1 Å². The zero-order valence-electron chi connectivity index (χ0n) is 9.32. The molecular weight excluding hydrogens is 214 g/mol. The number of nitrogens with one attached hydrogen (secondary N) is 1. The Bertz CT molecular complexity index is 659. The predicted octanol–water partition coefficient (Wildman–Crippen LogP) is 1.87. The molecule has 0 unspecified atom stereocenters. The van der Waals surface area contributed by atoms with E-state index in [1.54, 1.807) is 6.07 Å². The summed E-state index contributed by atoms with van der Waals surface area (Å²) >= 11 is 0. The van der Waals surface area contributed by atoms with Crippen LogP contribution in [0.25, 0.3) is 17.0 Å². The zero-order chi connectivity index (χ0) is 12.4. The van der Waals surface area contributed by atoms with Crippen molar-refractivity contribution in [2.45, 2.75) is 6.92 Å². The number of aromatic amines is 1. The lowest BCUT2D eigenvalue weighted by Crippen LogP contribution is -2.12. The van der Waals surface area contributed by atoms with Crippen LogP contribution in [0.4, 0.5) is 0 Å². The molecule has 4 heteroatoms. The Morgan fingerprint density at radius 1 is 1.47 bits per heavy atom. The Morgan fingerprint density at radius 2 is 2.18 bits per heavy atom. The van der Waals surface area contributed by atoms with Gasteiger partial charge in [-0.1, -0.05) is 18.2 Å².